The largest absolute Gasteiger partial charge is 0.390 e. The van der Waals surface area contributed by atoms with Gasteiger partial charge >= 0.3 is 0 Å². The normalized spacial score (nSPS) is 31.4. The van der Waals surface area contributed by atoms with Crippen LogP contribution in [0.1, 0.15) is 37.4 Å². The van der Waals surface area contributed by atoms with Gasteiger partial charge < -0.3 is 15.7 Å². The molecule has 1 fully saturated rings. The standard InChI is InChI=1S/C17H24N2O2/c1-11(2)17(7-8-18-10-17)16(21)19-15-13-6-4-3-5-12(13)9-14(15)20/h3-6,11,14-15,18,20H,7-10H2,1-2H3,(H,19,21)/t14-,15+,17?/m0/s1. The molecule has 0 saturated carbocycles. The third-order valence-electron chi connectivity index (χ3n) is 5.24. The van der Waals surface area contributed by atoms with E-state index in [-0.39, 0.29) is 23.3 Å². The zero-order valence-electron chi connectivity index (χ0n) is 12.7. The van der Waals surface area contributed by atoms with Crippen molar-refractivity contribution in [3.8, 4) is 0 Å². The van der Waals surface area contributed by atoms with Crippen LogP contribution in [-0.4, -0.2) is 30.2 Å². The van der Waals surface area contributed by atoms with Gasteiger partial charge in [-0.1, -0.05) is 38.1 Å². The van der Waals surface area contributed by atoms with Crippen LogP contribution in [-0.2, 0) is 11.2 Å². The molecule has 0 spiro atoms. The van der Waals surface area contributed by atoms with Gasteiger partial charge in [0.05, 0.1) is 17.6 Å². The van der Waals surface area contributed by atoms with Crippen LogP contribution in [0.2, 0.25) is 0 Å². The van der Waals surface area contributed by atoms with Gasteiger partial charge in [0, 0.05) is 13.0 Å². The molecule has 3 rings (SSSR count). The highest BCUT2D eigenvalue weighted by Crippen LogP contribution is 2.37. The molecule has 1 unspecified atom stereocenters. The number of aliphatic hydroxyl groups is 1. The topological polar surface area (TPSA) is 61.4 Å². The highest BCUT2D eigenvalue weighted by molar-refractivity contribution is 5.84. The van der Waals surface area contributed by atoms with Crippen molar-refractivity contribution in [3.63, 3.8) is 0 Å². The number of hydrogen-bond acceptors (Lipinski definition) is 3. The fourth-order valence-corrected chi connectivity index (χ4v) is 3.69. The molecule has 3 atom stereocenters. The lowest BCUT2D eigenvalue weighted by molar-refractivity contribution is -0.134. The van der Waals surface area contributed by atoms with Crippen LogP contribution in [0.4, 0.5) is 0 Å². The summed E-state index contributed by atoms with van der Waals surface area (Å²) >= 11 is 0. The van der Waals surface area contributed by atoms with Gasteiger partial charge in [-0.25, -0.2) is 0 Å². The first-order valence-electron chi connectivity index (χ1n) is 7.82. The van der Waals surface area contributed by atoms with Crippen molar-refractivity contribution in [2.45, 2.75) is 38.8 Å². The third kappa shape index (κ3) is 2.36. The molecule has 1 aromatic rings. The average Bonchev–Trinajstić information content (AvgIpc) is 3.05. The summed E-state index contributed by atoms with van der Waals surface area (Å²) < 4.78 is 0. The summed E-state index contributed by atoms with van der Waals surface area (Å²) in [4.78, 5) is 12.9. The molecule has 0 radical (unpaired) electrons. The summed E-state index contributed by atoms with van der Waals surface area (Å²) in [5.41, 5.74) is 1.85. The quantitative estimate of drug-likeness (QED) is 0.788. The SMILES string of the molecule is CC(C)C1(C(=O)N[C@@H]2c3ccccc3C[C@@H]2O)CCNC1. The fourth-order valence-electron chi connectivity index (χ4n) is 3.69. The van der Waals surface area contributed by atoms with Gasteiger partial charge in [0.15, 0.2) is 0 Å². The van der Waals surface area contributed by atoms with E-state index in [4.69, 9.17) is 0 Å². The lowest BCUT2D eigenvalue weighted by Gasteiger charge is -2.33. The molecule has 1 aromatic carbocycles. The Morgan fingerprint density at radius 2 is 2.19 bits per heavy atom. The second-order valence-electron chi connectivity index (χ2n) is 6.66. The Morgan fingerprint density at radius 1 is 1.43 bits per heavy atom. The van der Waals surface area contributed by atoms with E-state index < -0.39 is 6.10 Å². The molecular weight excluding hydrogens is 264 g/mol. The molecule has 21 heavy (non-hydrogen) atoms. The first-order valence-corrected chi connectivity index (χ1v) is 7.82. The summed E-state index contributed by atoms with van der Waals surface area (Å²) in [5.74, 6) is 0.351. The molecular formula is C17H24N2O2. The molecule has 1 aliphatic heterocycles. The summed E-state index contributed by atoms with van der Waals surface area (Å²) in [7, 11) is 0. The lowest BCUT2D eigenvalue weighted by Crippen LogP contribution is -2.48. The van der Waals surface area contributed by atoms with Crippen LogP contribution in [0, 0.1) is 11.3 Å². The summed E-state index contributed by atoms with van der Waals surface area (Å²) in [5, 5.41) is 16.7. The number of hydrogen-bond donors (Lipinski definition) is 3. The van der Waals surface area contributed by atoms with E-state index in [1.807, 2.05) is 24.3 Å². The number of rotatable bonds is 3. The molecule has 4 heteroatoms. The fraction of sp³-hybridized carbons (Fsp3) is 0.588. The predicted molar refractivity (Wildman–Crippen MR) is 81.8 cm³/mol. The van der Waals surface area contributed by atoms with Crippen LogP contribution in [0.15, 0.2) is 24.3 Å². The minimum Gasteiger partial charge on any atom is -0.390 e. The van der Waals surface area contributed by atoms with E-state index in [1.54, 1.807) is 0 Å². The number of aliphatic hydroxyl groups excluding tert-OH is 1. The van der Waals surface area contributed by atoms with E-state index in [9.17, 15) is 9.90 Å². The Labute approximate surface area is 125 Å². The van der Waals surface area contributed by atoms with Crippen molar-refractivity contribution in [2.75, 3.05) is 13.1 Å². The minimum absolute atomic E-state index is 0.0725. The smallest absolute Gasteiger partial charge is 0.228 e. The highest BCUT2D eigenvalue weighted by atomic mass is 16.3. The minimum atomic E-state index is -0.523. The van der Waals surface area contributed by atoms with Gasteiger partial charge in [0.1, 0.15) is 0 Å². The van der Waals surface area contributed by atoms with E-state index in [2.05, 4.69) is 24.5 Å². The Bertz CT molecular complexity index is 535. The maximum Gasteiger partial charge on any atom is 0.228 e. The highest BCUT2D eigenvalue weighted by Gasteiger charge is 2.45. The molecule has 3 N–H and O–H groups in total. The second kappa shape index (κ2) is 5.43. The van der Waals surface area contributed by atoms with Crippen molar-refractivity contribution in [1.29, 1.82) is 0 Å². The zero-order chi connectivity index (χ0) is 15.0. The molecule has 0 aromatic heterocycles. The number of carbonyl (C=O) groups excluding carboxylic acids is 1. The van der Waals surface area contributed by atoms with E-state index in [0.717, 1.165) is 30.6 Å². The lowest BCUT2D eigenvalue weighted by atomic mass is 9.75. The molecule has 1 heterocycles. The Balaban J connectivity index is 1.82. The first kappa shape index (κ1) is 14.5. The first-order chi connectivity index (χ1) is 10.0. The summed E-state index contributed by atoms with van der Waals surface area (Å²) in [6.07, 6.45) is 0.958. The summed E-state index contributed by atoms with van der Waals surface area (Å²) in [6, 6.07) is 7.70. The van der Waals surface area contributed by atoms with Crippen LogP contribution >= 0.6 is 0 Å². The molecule has 1 aliphatic carbocycles. The monoisotopic (exact) mass is 288 g/mol. The maximum absolute atomic E-state index is 12.9. The number of nitrogens with one attached hydrogen (secondary N) is 2. The van der Waals surface area contributed by atoms with Gasteiger partial charge in [0.2, 0.25) is 5.91 Å². The molecule has 2 aliphatic rings. The third-order valence-corrected chi connectivity index (χ3v) is 5.24. The Hall–Kier alpha value is -1.39. The molecule has 4 nitrogen and oxygen atoms in total. The van der Waals surface area contributed by atoms with E-state index >= 15 is 0 Å². The number of benzene rings is 1. The van der Waals surface area contributed by atoms with Gasteiger partial charge in [-0.2, -0.15) is 0 Å². The molecule has 114 valence electrons. The van der Waals surface area contributed by atoms with Crippen molar-refractivity contribution < 1.29 is 9.90 Å². The van der Waals surface area contributed by atoms with Crippen LogP contribution in [0.3, 0.4) is 0 Å². The second-order valence-corrected chi connectivity index (χ2v) is 6.66. The van der Waals surface area contributed by atoms with Gasteiger partial charge in [-0.05, 0) is 30.0 Å². The number of carbonyl (C=O) groups is 1. The van der Waals surface area contributed by atoms with Crippen molar-refractivity contribution in [2.24, 2.45) is 11.3 Å². The average molecular weight is 288 g/mol. The molecule has 0 bridgehead atoms. The maximum atomic E-state index is 12.9. The van der Waals surface area contributed by atoms with Crippen molar-refractivity contribution in [1.82, 2.24) is 10.6 Å². The van der Waals surface area contributed by atoms with Crippen molar-refractivity contribution >= 4 is 5.91 Å². The molecule has 1 amide bonds. The molecule has 1 saturated heterocycles. The number of fused-ring (bicyclic) bond motifs is 1. The number of amides is 1. The van der Waals surface area contributed by atoms with Crippen molar-refractivity contribution in [3.05, 3.63) is 35.4 Å². The van der Waals surface area contributed by atoms with E-state index in [1.165, 1.54) is 0 Å². The van der Waals surface area contributed by atoms with E-state index in [0.29, 0.717) is 6.42 Å². The van der Waals surface area contributed by atoms with Crippen LogP contribution < -0.4 is 10.6 Å². The Kier molecular flexibility index (Phi) is 3.76. The van der Waals surface area contributed by atoms with Crippen LogP contribution in [0.25, 0.3) is 0 Å². The Morgan fingerprint density at radius 3 is 2.86 bits per heavy atom. The van der Waals surface area contributed by atoms with Gasteiger partial charge in [-0.15, -0.1) is 0 Å². The van der Waals surface area contributed by atoms with Crippen LogP contribution in [0.5, 0.6) is 0 Å². The van der Waals surface area contributed by atoms with Gasteiger partial charge in [0.25, 0.3) is 0 Å². The summed E-state index contributed by atoms with van der Waals surface area (Å²) in [6.45, 7) is 5.81. The van der Waals surface area contributed by atoms with Gasteiger partial charge in [-0.3, -0.25) is 4.79 Å². The zero-order valence-corrected chi connectivity index (χ0v) is 12.7. The predicted octanol–water partition coefficient (Wildman–Crippen LogP) is 1.40.